The van der Waals surface area contributed by atoms with Crippen LogP contribution in [0.5, 0.6) is 11.5 Å². The van der Waals surface area contributed by atoms with Gasteiger partial charge >= 0.3 is 0 Å². The van der Waals surface area contributed by atoms with Crippen LogP contribution in [0, 0.1) is 0 Å². The number of benzene rings is 3. The molecular weight excluding hydrogens is 346 g/mol. The summed E-state index contributed by atoms with van der Waals surface area (Å²) in [6, 6.07) is 23.1. The number of ether oxygens (including phenoxy) is 1. The number of fused-ring (bicyclic) bond motifs is 2. The van der Waals surface area contributed by atoms with Gasteiger partial charge in [0.2, 0.25) is 5.91 Å². The predicted octanol–water partition coefficient (Wildman–Crippen LogP) is 4.94. The molecule has 3 aromatic carbocycles. The lowest BCUT2D eigenvalue weighted by Crippen LogP contribution is -2.33. The van der Waals surface area contributed by atoms with E-state index in [9.17, 15) is 4.79 Å². The van der Waals surface area contributed by atoms with Gasteiger partial charge in [0.05, 0.1) is 5.92 Å². The second kappa shape index (κ2) is 7.22. The molecule has 0 radical (unpaired) electrons. The van der Waals surface area contributed by atoms with Gasteiger partial charge in [0.25, 0.3) is 0 Å². The predicted molar refractivity (Wildman–Crippen MR) is 103 cm³/mol. The second-order valence-corrected chi connectivity index (χ2v) is 6.71. The van der Waals surface area contributed by atoms with Crippen LogP contribution in [0.2, 0.25) is 5.02 Å². The van der Waals surface area contributed by atoms with Crippen molar-refractivity contribution in [3.8, 4) is 11.5 Å². The molecule has 0 atom stereocenters. The standard InChI is InChI=1S/C22H18ClNO2/c23-16-11-9-15(10-12-16)13-14-24-22(25)21-17-5-1-3-7-19(17)26-20-8-4-2-6-18(20)21/h1-12,21H,13-14H2,(H,24,25). The Morgan fingerprint density at radius 1 is 0.885 bits per heavy atom. The van der Waals surface area contributed by atoms with Crippen LogP contribution >= 0.6 is 11.6 Å². The molecule has 130 valence electrons. The van der Waals surface area contributed by atoms with Crippen molar-refractivity contribution in [2.45, 2.75) is 12.3 Å². The van der Waals surface area contributed by atoms with E-state index in [1.807, 2.05) is 72.8 Å². The van der Waals surface area contributed by atoms with Crippen LogP contribution in [0.15, 0.2) is 72.8 Å². The van der Waals surface area contributed by atoms with Crippen LogP contribution < -0.4 is 10.1 Å². The molecule has 0 saturated heterocycles. The van der Waals surface area contributed by atoms with Crippen molar-refractivity contribution in [1.82, 2.24) is 5.32 Å². The zero-order valence-corrected chi connectivity index (χ0v) is 14.9. The Balaban J connectivity index is 1.53. The quantitative estimate of drug-likeness (QED) is 0.713. The molecule has 3 nitrogen and oxygen atoms in total. The van der Waals surface area contributed by atoms with Crippen LogP contribution in [-0.4, -0.2) is 12.5 Å². The van der Waals surface area contributed by atoms with Crippen molar-refractivity contribution in [3.63, 3.8) is 0 Å². The molecule has 4 heteroatoms. The summed E-state index contributed by atoms with van der Waals surface area (Å²) in [4.78, 5) is 13.0. The van der Waals surface area contributed by atoms with Crippen LogP contribution in [0.25, 0.3) is 0 Å². The number of carbonyl (C=O) groups excluding carboxylic acids is 1. The molecule has 1 N–H and O–H groups in total. The SMILES string of the molecule is O=C(NCCc1ccc(Cl)cc1)C1c2ccccc2Oc2ccccc21. The Kier molecular flexibility index (Phi) is 4.63. The van der Waals surface area contributed by atoms with Gasteiger partial charge < -0.3 is 10.1 Å². The topological polar surface area (TPSA) is 38.3 Å². The fourth-order valence-electron chi connectivity index (χ4n) is 3.28. The molecule has 1 amide bonds. The molecule has 4 rings (SSSR count). The molecule has 3 aromatic rings. The third kappa shape index (κ3) is 3.31. The minimum atomic E-state index is -0.360. The van der Waals surface area contributed by atoms with Gasteiger partial charge in [0.15, 0.2) is 0 Å². The van der Waals surface area contributed by atoms with E-state index < -0.39 is 0 Å². The molecule has 0 fully saturated rings. The fraction of sp³-hybridized carbons (Fsp3) is 0.136. The molecular formula is C22H18ClNO2. The highest BCUT2D eigenvalue weighted by atomic mass is 35.5. The first-order valence-electron chi connectivity index (χ1n) is 8.60. The largest absolute Gasteiger partial charge is 0.457 e. The lowest BCUT2D eigenvalue weighted by Gasteiger charge is -2.27. The van der Waals surface area contributed by atoms with Crippen LogP contribution in [0.4, 0.5) is 0 Å². The molecule has 1 aliphatic heterocycles. The lowest BCUT2D eigenvalue weighted by atomic mass is 9.87. The molecule has 26 heavy (non-hydrogen) atoms. The van der Waals surface area contributed by atoms with Gasteiger partial charge in [-0.05, 0) is 36.2 Å². The monoisotopic (exact) mass is 363 g/mol. The first-order valence-corrected chi connectivity index (χ1v) is 8.98. The maximum Gasteiger partial charge on any atom is 0.232 e. The number of hydrogen-bond donors (Lipinski definition) is 1. The van der Waals surface area contributed by atoms with E-state index >= 15 is 0 Å². The number of para-hydroxylation sites is 2. The first kappa shape index (κ1) is 16.7. The maximum absolute atomic E-state index is 13.0. The maximum atomic E-state index is 13.0. The summed E-state index contributed by atoms with van der Waals surface area (Å²) in [7, 11) is 0. The van der Waals surface area contributed by atoms with E-state index in [-0.39, 0.29) is 11.8 Å². The van der Waals surface area contributed by atoms with E-state index in [0.29, 0.717) is 11.6 Å². The van der Waals surface area contributed by atoms with Gasteiger partial charge in [-0.3, -0.25) is 4.79 Å². The number of carbonyl (C=O) groups is 1. The van der Waals surface area contributed by atoms with Crippen molar-refractivity contribution in [1.29, 1.82) is 0 Å². The van der Waals surface area contributed by atoms with Crippen molar-refractivity contribution in [2.24, 2.45) is 0 Å². The van der Waals surface area contributed by atoms with Crippen LogP contribution in [0.3, 0.4) is 0 Å². The molecule has 1 aliphatic rings. The van der Waals surface area contributed by atoms with Crippen LogP contribution in [0.1, 0.15) is 22.6 Å². The fourth-order valence-corrected chi connectivity index (χ4v) is 3.40. The van der Waals surface area contributed by atoms with Gasteiger partial charge in [0, 0.05) is 22.7 Å². The van der Waals surface area contributed by atoms with E-state index in [4.69, 9.17) is 16.3 Å². The van der Waals surface area contributed by atoms with E-state index in [2.05, 4.69) is 5.32 Å². The molecule has 0 saturated carbocycles. The number of nitrogens with one attached hydrogen (secondary N) is 1. The van der Waals surface area contributed by atoms with Crippen molar-refractivity contribution in [2.75, 3.05) is 6.54 Å². The van der Waals surface area contributed by atoms with Gasteiger partial charge in [-0.2, -0.15) is 0 Å². The Hall–Kier alpha value is -2.78. The highest BCUT2D eigenvalue weighted by Crippen LogP contribution is 2.43. The van der Waals surface area contributed by atoms with Crippen LogP contribution in [-0.2, 0) is 11.2 Å². The number of rotatable bonds is 4. The summed E-state index contributed by atoms with van der Waals surface area (Å²) < 4.78 is 5.95. The summed E-state index contributed by atoms with van der Waals surface area (Å²) in [6.45, 7) is 0.572. The molecule has 0 aliphatic carbocycles. The van der Waals surface area contributed by atoms with Gasteiger partial charge in [-0.15, -0.1) is 0 Å². The molecule has 0 spiro atoms. The van der Waals surface area contributed by atoms with Crippen molar-refractivity contribution >= 4 is 17.5 Å². The highest BCUT2D eigenvalue weighted by Gasteiger charge is 2.32. The molecule has 0 aromatic heterocycles. The zero-order chi connectivity index (χ0) is 17.9. The summed E-state index contributed by atoms with van der Waals surface area (Å²) in [6.07, 6.45) is 0.759. The Labute approximate surface area is 157 Å². The number of hydrogen-bond acceptors (Lipinski definition) is 2. The summed E-state index contributed by atoms with van der Waals surface area (Å²) >= 11 is 5.91. The highest BCUT2D eigenvalue weighted by molar-refractivity contribution is 6.30. The third-order valence-electron chi connectivity index (χ3n) is 4.57. The van der Waals surface area contributed by atoms with Gasteiger partial charge in [0.1, 0.15) is 11.5 Å². The van der Waals surface area contributed by atoms with E-state index in [0.717, 1.165) is 34.6 Å². The van der Waals surface area contributed by atoms with Crippen molar-refractivity contribution in [3.05, 3.63) is 94.5 Å². The summed E-state index contributed by atoms with van der Waals surface area (Å²) in [5.41, 5.74) is 2.94. The molecule has 0 unspecified atom stereocenters. The summed E-state index contributed by atoms with van der Waals surface area (Å²) in [5, 5.41) is 3.79. The van der Waals surface area contributed by atoms with E-state index in [1.165, 1.54) is 0 Å². The Morgan fingerprint density at radius 2 is 1.46 bits per heavy atom. The minimum Gasteiger partial charge on any atom is -0.457 e. The Morgan fingerprint density at radius 3 is 2.08 bits per heavy atom. The zero-order valence-electron chi connectivity index (χ0n) is 14.1. The smallest absolute Gasteiger partial charge is 0.232 e. The van der Waals surface area contributed by atoms with Gasteiger partial charge in [-0.1, -0.05) is 60.1 Å². The normalized spacial score (nSPS) is 12.7. The van der Waals surface area contributed by atoms with Crippen molar-refractivity contribution < 1.29 is 9.53 Å². The first-order chi connectivity index (χ1) is 12.7. The van der Waals surface area contributed by atoms with Gasteiger partial charge in [-0.25, -0.2) is 0 Å². The number of halogens is 1. The lowest BCUT2D eigenvalue weighted by molar-refractivity contribution is -0.121. The second-order valence-electron chi connectivity index (χ2n) is 6.28. The molecule has 1 heterocycles. The average molecular weight is 364 g/mol. The number of amides is 1. The third-order valence-corrected chi connectivity index (χ3v) is 4.82. The summed E-state index contributed by atoms with van der Waals surface area (Å²) in [5.74, 6) is 1.11. The molecule has 0 bridgehead atoms. The minimum absolute atomic E-state index is 0.0119. The van der Waals surface area contributed by atoms with E-state index in [1.54, 1.807) is 0 Å². The average Bonchev–Trinajstić information content (AvgIpc) is 2.67. The Bertz CT molecular complexity index is 891.